The summed E-state index contributed by atoms with van der Waals surface area (Å²) in [4.78, 5) is 87.6. The Morgan fingerprint density at radius 3 is 2.06 bits per heavy atom. The minimum atomic E-state index is -5.03. The van der Waals surface area contributed by atoms with E-state index in [2.05, 4.69) is 16.0 Å². The van der Waals surface area contributed by atoms with Gasteiger partial charge in [0.2, 0.25) is 11.8 Å². The van der Waals surface area contributed by atoms with Crippen LogP contribution >= 0.6 is 0 Å². The Labute approximate surface area is 285 Å². The maximum absolute atomic E-state index is 13.6. The van der Waals surface area contributed by atoms with Gasteiger partial charge in [0, 0.05) is 43.3 Å². The third-order valence-corrected chi connectivity index (χ3v) is 8.70. The van der Waals surface area contributed by atoms with E-state index in [-0.39, 0.29) is 38.4 Å². The first-order valence-corrected chi connectivity index (χ1v) is 17.1. The van der Waals surface area contributed by atoms with Crippen molar-refractivity contribution < 1.29 is 51.3 Å². The number of carbonyl (C=O) groups excluding carboxylic acids is 7. The maximum Gasteiger partial charge on any atom is 0.312 e. The molecule has 0 aromatic heterocycles. The highest BCUT2D eigenvalue weighted by Crippen LogP contribution is 2.21. The molecule has 0 unspecified atom stereocenters. The number of amides is 6. The van der Waals surface area contributed by atoms with Crippen molar-refractivity contribution in [2.24, 2.45) is 23.0 Å². The second-order valence-corrected chi connectivity index (χ2v) is 14.6. The number of hydrogen-bond donors (Lipinski definition) is 5. The van der Waals surface area contributed by atoms with Crippen molar-refractivity contribution in [2.45, 2.75) is 78.2 Å². The van der Waals surface area contributed by atoms with E-state index in [0.29, 0.717) is 16.2 Å². The lowest BCUT2D eigenvalue weighted by Gasteiger charge is -2.26. The van der Waals surface area contributed by atoms with Gasteiger partial charge in [0.05, 0.1) is 11.5 Å². The van der Waals surface area contributed by atoms with Crippen LogP contribution in [0.15, 0.2) is 36.4 Å². The third-order valence-electron chi connectivity index (χ3n) is 7.53. The van der Waals surface area contributed by atoms with Crippen LogP contribution in [0, 0.1) is 17.3 Å². The number of imide groups is 1. The Morgan fingerprint density at radius 1 is 0.959 bits per heavy atom. The average Bonchev–Trinajstić information content (AvgIpc) is 3.31. The summed E-state index contributed by atoms with van der Waals surface area (Å²) in [7, 11) is -5.03. The average molecular weight is 708 g/mol. The minimum Gasteiger partial charge on any atom is -0.460 e. The summed E-state index contributed by atoms with van der Waals surface area (Å²) < 4.78 is 39.3. The number of nitrogens with two attached hydrogens (primary N) is 1. The molecule has 6 N–H and O–H groups in total. The Morgan fingerprint density at radius 2 is 1.55 bits per heavy atom. The number of nitrogens with zero attached hydrogens (tertiary/aromatic N) is 1. The highest BCUT2D eigenvalue weighted by molar-refractivity contribution is 7.87. The number of nitrogens with one attached hydrogen (secondary N) is 3. The van der Waals surface area contributed by atoms with E-state index in [1.165, 1.54) is 0 Å². The lowest BCUT2D eigenvalue weighted by molar-refractivity contribution is -0.154. The zero-order valence-corrected chi connectivity index (χ0v) is 29.0. The molecule has 1 aliphatic rings. The standard InChI is InChI=1S/C32H45N5O11S/c1-19(2)27(36-29(42)24(49(45,46)47)14-16-37-25(39)12-13-26(37)40)23(38)17-21(7-6-15-34-31(33)44)28(41)35-22-10-8-20(9-11-22)18-48-30(43)32(3,4)5/h8-13,19,21,24,27H,6-7,14-18H2,1-5H3,(H,35,41)(H,36,42)(H3,33,34,44)(H,45,46,47)/t21-,24+,27+/m1/s1. The molecule has 0 spiro atoms. The van der Waals surface area contributed by atoms with Crippen molar-refractivity contribution >= 4 is 57.2 Å². The predicted octanol–water partition coefficient (Wildman–Crippen LogP) is 1.45. The molecule has 0 radical (unpaired) electrons. The smallest absolute Gasteiger partial charge is 0.312 e. The molecule has 3 atom stereocenters. The highest BCUT2D eigenvalue weighted by atomic mass is 32.2. The third kappa shape index (κ3) is 13.1. The molecule has 1 aliphatic heterocycles. The molecule has 0 bridgehead atoms. The number of ketones is 1. The molecule has 0 saturated carbocycles. The molecule has 1 heterocycles. The second kappa shape index (κ2) is 17.7. The summed E-state index contributed by atoms with van der Waals surface area (Å²) in [6.45, 7) is 8.04. The van der Waals surface area contributed by atoms with Gasteiger partial charge in [-0.15, -0.1) is 0 Å². The monoisotopic (exact) mass is 707 g/mol. The van der Waals surface area contributed by atoms with Crippen molar-refractivity contribution in [3.63, 3.8) is 0 Å². The Hall–Kier alpha value is -4.64. The number of esters is 1. The summed E-state index contributed by atoms with van der Waals surface area (Å²) in [5.41, 5.74) is 5.51. The number of anilines is 1. The Kier molecular flexibility index (Phi) is 14.6. The van der Waals surface area contributed by atoms with Gasteiger partial charge in [-0.05, 0) is 63.6 Å². The quantitative estimate of drug-likeness (QED) is 0.0632. The number of carbonyl (C=O) groups is 7. The summed E-state index contributed by atoms with van der Waals surface area (Å²) in [5.74, 6) is -5.69. The minimum absolute atomic E-state index is 0.0286. The fourth-order valence-corrected chi connectivity index (χ4v) is 5.47. The first-order valence-electron chi connectivity index (χ1n) is 15.6. The van der Waals surface area contributed by atoms with Crippen molar-refractivity contribution in [1.29, 1.82) is 0 Å². The van der Waals surface area contributed by atoms with Crippen molar-refractivity contribution in [3.05, 3.63) is 42.0 Å². The largest absolute Gasteiger partial charge is 0.460 e. The van der Waals surface area contributed by atoms with E-state index in [0.717, 1.165) is 12.2 Å². The molecule has 49 heavy (non-hydrogen) atoms. The van der Waals surface area contributed by atoms with Gasteiger partial charge in [-0.1, -0.05) is 26.0 Å². The highest BCUT2D eigenvalue weighted by Gasteiger charge is 2.37. The second-order valence-electron chi connectivity index (χ2n) is 13.0. The summed E-state index contributed by atoms with van der Waals surface area (Å²) in [6.07, 6.45) is 1.34. The van der Waals surface area contributed by atoms with E-state index in [9.17, 15) is 46.5 Å². The molecule has 0 aliphatic carbocycles. The van der Waals surface area contributed by atoms with Crippen molar-refractivity contribution in [2.75, 3.05) is 18.4 Å². The number of urea groups is 1. The number of benzene rings is 1. The number of ether oxygens (including phenoxy) is 1. The van der Waals surface area contributed by atoms with Crippen LogP contribution < -0.4 is 21.7 Å². The molecule has 270 valence electrons. The van der Waals surface area contributed by atoms with E-state index in [4.69, 9.17) is 10.5 Å². The van der Waals surface area contributed by atoms with Gasteiger partial charge < -0.3 is 26.4 Å². The van der Waals surface area contributed by atoms with Crippen LogP contribution in [-0.4, -0.2) is 83.7 Å². The molecule has 0 fully saturated rings. The van der Waals surface area contributed by atoms with Crippen LogP contribution in [0.4, 0.5) is 10.5 Å². The van der Waals surface area contributed by atoms with Gasteiger partial charge >= 0.3 is 12.0 Å². The first kappa shape index (κ1) is 40.5. The molecule has 16 nitrogen and oxygen atoms in total. The van der Waals surface area contributed by atoms with E-state index < -0.39 is 87.1 Å². The molecular formula is C32H45N5O11S. The summed E-state index contributed by atoms with van der Waals surface area (Å²) in [6, 6.07) is 4.46. The Balaban J connectivity index is 2.16. The van der Waals surface area contributed by atoms with Crippen molar-refractivity contribution in [3.8, 4) is 0 Å². The van der Waals surface area contributed by atoms with Gasteiger partial charge in [-0.25, -0.2) is 4.79 Å². The summed E-state index contributed by atoms with van der Waals surface area (Å²) >= 11 is 0. The van der Waals surface area contributed by atoms with Gasteiger partial charge in [-0.3, -0.25) is 38.2 Å². The van der Waals surface area contributed by atoms with Crippen LogP contribution in [0.25, 0.3) is 0 Å². The first-order chi connectivity index (χ1) is 22.7. The van der Waals surface area contributed by atoms with E-state index >= 15 is 0 Å². The van der Waals surface area contributed by atoms with Gasteiger partial charge in [-0.2, -0.15) is 8.42 Å². The molecule has 1 aromatic rings. The van der Waals surface area contributed by atoms with Crippen LogP contribution in [0.1, 0.15) is 65.9 Å². The number of rotatable bonds is 18. The number of primary amides is 1. The molecule has 2 rings (SSSR count). The molecule has 1 aromatic carbocycles. The Bertz CT molecular complexity index is 1530. The van der Waals surface area contributed by atoms with Crippen LogP contribution in [0.5, 0.6) is 0 Å². The van der Waals surface area contributed by atoms with Crippen LogP contribution in [-0.2, 0) is 50.2 Å². The van der Waals surface area contributed by atoms with E-state index in [1.54, 1.807) is 58.9 Å². The predicted molar refractivity (Wildman–Crippen MR) is 177 cm³/mol. The van der Waals surface area contributed by atoms with Gasteiger partial charge in [0.1, 0.15) is 6.61 Å². The number of Topliss-reactive ketones (excluding diaryl/α,β-unsaturated/α-hetero) is 1. The lowest BCUT2D eigenvalue weighted by Crippen LogP contribution is -2.51. The molecule has 0 saturated heterocycles. The van der Waals surface area contributed by atoms with Crippen molar-refractivity contribution in [1.82, 2.24) is 15.5 Å². The zero-order chi connectivity index (χ0) is 37.1. The fraction of sp³-hybridized carbons (Fsp3) is 0.531. The SMILES string of the molecule is CC(C)[C@H](NC(=O)[C@H](CCN1C(=O)C=CC1=O)S(=O)(=O)O)C(=O)C[C@@H](CCCNC(N)=O)C(=O)Nc1ccc(COC(=O)C(C)(C)C)cc1. The zero-order valence-electron chi connectivity index (χ0n) is 28.2. The van der Waals surface area contributed by atoms with E-state index in [1.807, 2.05) is 0 Å². The molecular weight excluding hydrogens is 662 g/mol. The van der Waals surface area contributed by atoms with Gasteiger partial charge in [0.15, 0.2) is 11.0 Å². The summed E-state index contributed by atoms with van der Waals surface area (Å²) in [5, 5.41) is 5.41. The normalized spacial score (nSPS) is 15.0. The van der Waals surface area contributed by atoms with Crippen LogP contribution in [0.2, 0.25) is 0 Å². The fourth-order valence-electron chi connectivity index (χ4n) is 4.73. The topological polar surface area (TPSA) is 248 Å². The maximum atomic E-state index is 13.6. The van der Waals surface area contributed by atoms with Gasteiger partial charge in [0.25, 0.3) is 21.9 Å². The van der Waals surface area contributed by atoms with Crippen LogP contribution in [0.3, 0.4) is 0 Å². The molecule has 17 heteroatoms. The molecule has 6 amide bonds. The lowest BCUT2D eigenvalue weighted by atomic mass is 9.89. The number of hydrogen-bond acceptors (Lipinski definition) is 10.